The summed E-state index contributed by atoms with van der Waals surface area (Å²) in [6, 6.07) is 12.3. The molecular weight excluding hydrogens is 471 g/mol. The SMILES string of the molecule is CCNCc1cncc(-c2ccc3[nH]nc(-c4nc5c(-c6cc(F)cc(OC)c6)ccnc5[nH]4)c3n2)c1. The first-order valence-electron chi connectivity index (χ1n) is 11.8. The molecular formula is C27H23FN8O. The number of pyridine rings is 3. The maximum absolute atomic E-state index is 14.2. The molecule has 0 atom stereocenters. The van der Waals surface area contributed by atoms with Crippen molar-refractivity contribution in [1.82, 2.24) is 40.4 Å². The van der Waals surface area contributed by atoms with Crippen LogP contribution in [0, 0.1) is 5.82 Å². The lowest BCUT2D eigenvalue weighted by molar-refractivity contribution is 0.411. The van der Waals surface area contributed by atoms with E-state index in [-0.39, 0.29) is 0 Å². The number of ether oxygens (including phenoxy) is 1. The molecule has 37 heavy (non-hydrogen) atoms. The summed E-state index contributed by atoms with van der Waals surface area (Å²) in [6.07, 6.45) is 5.30. The Morgan fingerprint density at radius 2 is 1.92 bits per heavy atom. The maximum Gasteiger partial charge on any atom is 0.162 e. The molecule has 0 aliphatic heterocycles. The number of aromatic amines is 2. The van der Waals surface area contributed by atoms with Crippen molar-refractivity contribution >= 4 is 22.2 Å². The van der Waals surface area contributed by atoms with Gasteiger partial charge in [0.25, 0.3) is 0 Å². The standard InChI is InChI=1S/C27H23FN8O/c1-3-29-12-15-8-17(14-30-13-15)21-4-5-22-24(32-21)25(36-35-22)27-33-23-20(6-7-31-26(23)34-27)16-9-18(28)11-19(10-16)37-2/h4-11,13-14,29H,3,12H2,1-2H3,(H,35,36)(H,31,33,34). The van der Waals surface area contributed by atoms with Crippen LogP contribution >= 0.6 is 0 Å². The summed E-state index contributed by atoms with van der Waals surface area (Å²) in [4.78, 5) is 21.7. The Morgan fingerprint density at radius 1 is 1.00 bits per heavy atom. The third-order valence-corrected chi connectivity index (χ3v) is 6.10. The van der Waals surface area contributed by atoms with Crippen LogP contribution in [-0.2, 0) is 6.54 Å². The molecule has 0 saturated carbocycles. The number of H-pyrrole nitrogens is 2. The van der Waals surface area contributed by atoms with Crippen molar-refractivity contribution in [1.29, 1.82) is 0 Å². The second-order valence-corrected chi connectivity index (χ2v) is 8.55. The van der Waals surface area contributed by atoms with E-state index in [4.69, 9.17) is 14.7 Å². The van der Waals surface area contributed by atoms with Crippen LogP contribution in [0.2, 0.25) is 0 Å². The smallest absolute Gasteiger partial charge is 0.162 e. The first-order chi connectivity index (χ1) is 18.1. The number of hydrogen-bond donors (Lipinski definition) is 3. The van der Waals surface area contributed by atoms with E-state index in [2.05, 4.69) is 43.5 Å². The first-order valence-corrected chi connectivity index (χ1v) is 11.8. The minimum absolute atomic E-state index is 0.394. The number of hydrogen-bond acceptors (Lipinski definition) is 7. The molecule has 184 valence electrons. The second kappa shape index (κ2) is 9.40. The van der Waals surface area contributed by atoms with Crippen LogP contribution in [0.25, 0.3) is 56.1 Å². The van der Waals surface area contributed by atoms with E-state index in [0.29, 0.717) is 39.5 Å². The Labute approximate surface area is 211 Å². The van der Waals surface area contributed by atoms with Crippen molar-refractivity contribution in [2.75, 3.05) is 13.7 Å². The van der Waals surface area contributed by atoms with Crippen LogP contribution in [-0.4, -0.2) is 48.8 Å². The van der Waals surface area contributed by atoms with Gasteiger partial charge in [0.05, 0.1) is 18.3 Å². The van der Waals surface area contributed by atoms with Gasteiger partial charge in [0.1, 0.15) is 22.6 Å². The number of methoxy groups -OCH3 is 1. The van der Waals surface area contributed by atoms with Crippen LogP contribution in [0.15, 0.2) is 61.1 Å². The Kier molecular flexibility index (Phi) is 5.78. The van der Waals surface area contributed by atoms with Crippen molar-refractivity contribution in [3.63, 3.8) is 0 Å². The van der Waals surface area contributed by atoms with Gasteiger partial charge in [0, 0.05) is 42.3 Å². The van der Waals surface area contributed by atoms with E-state index < -0.39 is 5.82 Å². The average Bonchev–Trinajstić information content (AvgIpc) is 3.55. The van der Waals surface area contributed by atoms with Crippen LogP contribution in [0.4, 0.5) is 4.39 Å². The van der Waals surface area contributed by atoms with Gasteiger partial charge >= 0.3 is 0 Å². The number of benzene rings is 1. The number of rotatable bonds is 7. The fourth-order valence-corrected chi connectivity index (χ4v) is 4.31. The molecule has 9 nitrogen and oxygen atoms in total. The van der Waals surface area contributed by atoms with E-state index in [1.165, 1.54) is 19.2 Å². The lowest BCUT2D eigenvalue weighted by atomic mass is 10.1. The van der Waals surface area contributed by atoms with Gasteiger partial charge in [0.2, 0.25) is 0 Å². The van der Waals surface area contributed by atoms with Crippen LogP contribution < -0.4 is 10.1 Å². The molecule has 0 bridgehead atoms. The highest BCUT2D eigenvalue weighted by Crippen LogP contribution is 2.32. The van der Waals surface area contributed by atoms with Gasteiger partial charge in [-0.1, -0.05) is 6.92 Å². The van der Waals surface area contributed by atoms with E-state index in [9.17, 15) is 4.39 Å². The van der Waals surface area contributed by atoms with Crippen LogP contribution in [0.1, 0.15) is 12.5 Å². The number of imidazole rings is 1. The highest BCUT2D eigenvalue weighted by atomic mass is 19.1. The minimum atomic E-state index is -0.394. The molecule has 1 aromatic carbocycles. The fourth-order valence-electron chi connectivity index (χ4n) is 4.31. The van der Waals surface area contributed by atoms with E-state index in [0.717, 1.165) is 41.0 Å². The number of halogens is 1. The van der Waals surface area contributed by atoms with Gasteiger partial charge in [-0.15, -0.1) is 0 Å². The fraction of sp³-hybridized carbons (Fsp3) is 0.148. The van der Waals surface area contributed by atoms with Crippen LogP contribution in [0.3, 0.4) is 0 Å². The van der Waals surface area contributed by atoms with Gasteiger partial charge in [0.15, 0.2) is 17.2 Å². The molecule has 5 heterocycles. The van der Waals surface area contributed by atoms with Gasteiger partial charge in [-0.3, -0.25) is 10.1 Å². The number of nitrogens with zero attached hydrogens (tertiary/aromatic N) is 5. The number of fused-ring (bicyclic) bond motifs is 2. The molecule has 0 radical (unpaired) electrons. The van der Waals surface area contributed by atoms with Crippen LogP contribution in [0.5, 0.6) is 5.75 Å². The highest BCUT2D eigenvalue weighted by Gasteiger charge is 2.18. The third kappa shape index (κ3) is 4.27. The second-order valence-electron chi connectivity index (χ2n) is 8.55. The van der Waals surface area contributed by atoms with E-state index >= 15 is 0 Å². The maximum atomic E-state index is 14.2. The van der Waals surface area contributed by atoms with E-state index in [1.54, 1.807) is 24.5 Å². The quantitative estimate of drug-likeness (QED) is 0.289. The van der Waals surface area contributed by atoms with Gasteiger partial charge in [-0.25, -0.2) is 19.3 Å². The van der Waals surface area contributed by atoms with Crippen molar-refractivity contribution in [2.24, 2.45) is 0 Å². The normalized spacial score (nSPS) is 11.4. The average molecular weight is 495 g/mol. The van der Waals surface area contributed by atoms with Gasteiger partial charge < -0.3 is 15.0 Å². The lowest BCUT2D eigenvalue weighted by Crippen LogP contribution is -2.11. The molecule has 0 spiro atoms. The van der Waals surface area contributed by atoms with Crippen molar-refractivity contribution in [3.05, 3.63) is 72.4 Å². The monoisotopic (exact) mass is 494 g/mol. The van der Waals surface area contributed by atoms with Gasteiger partial charge in [-0.2, -0.15) is 5.10 Å². The predicted octanol–water partition coefficient (Wildman–Crippen LogP) is 4.88. The summed E-state index contributed by atoms with van der Waals surface area (Å²) in [7, 11) is 1.51. The first kappa shape index (κ1) is 22.7. The summed E-state index contributed by atoms with van der Waals surface area (Å²) in [6.45, 7) is 3.69. The zero-order valence-electron chi connectivity index (χ0n) is 20.2. The van der Waals surface area contributed by atoms with Crippen molar-refractivity contribution < 1.29 is 9.13 Å². The molecule has 0 unspecified atom stereocenters. The Hall–Kier alpha value is -4.70. The molecule has 5 aromatic heterocycles. The molecule has 10 heteroatoms. The summed E-state index contributed by atoms with van der Waals surface area (Å²) in [5.41, 5.74) is 7.30. The summed E-state index contributed by atoms with van der Waals surface area (Å²) >= 11 is 0. The Balaban J connectivity index is 1.43. The summed E-state index contributed by atoms with van der Waals surface area (Å²) in [5, 5.41) is 10.8. The molecule has 0 saturated heterocycles. The van der Waals surface area contributed by atoms with Crippen molar-refractivity contribution in [3.8, 4) is 39.7 Å². The third-order valence-electron chi connectivity index (χ3n) is 6.10. The lowest BCUT2D eigenvalue weighted by Gasteiger charge is -2.06. The predicted molar refractivity (Wildman–Crippen MR) is 139 cm³/mol. The molecule has 3 N–H and O–H groups in total. The number of aromatic nitrogens is 7. The van der Waals surface area contributed by atoms with Gasteiger partial charge in [-0.05, 0) is 54.1 Å². The molecule has 6 rings (SSSR count). The molecule has 0 aliphatic rings. The summed E-state index contributed by atoms with van der Waals surface area (Å²) < 4.78 is 19.5. The minimum Gasteiger partial charge on any atom is -0.497 e. The van der Waals surface area contributed by atoms with Crippen molar-refractivity contribution in [2.45, 2.75) is 13.5 Å². The highest BCUT2D eigenvalue weighted by molar-refractivity contribution is 5.95. The zero-order chi connectivity index (χ0) is 25.4. The zero-order valence-corrected chi connectivity index (χ0v) is 20.2. The molecule has 6 aromatic rings. The molecule has 0 aliphatic carbocycles. The number of nitrogens with one attached hydrogen (secondary N) is 3. The van der Waals surface area contributed by atoms with E-state index in [1.807, 2.05) is 18.3 Å². The Bertz CT molecular complexity index is 1740. The molecule has 0 fully saturated rings. The largest absolute Gasteiger partial charge is 0.497 e. The Morgan fingerprint density at radius 3 is 2.78 bits per heavy atom. The molecule has 0 amide bonds. The summed E-state index contributed by atoms with van der Waals surface area (Å²) in [5.74, 6) is 0.539. The topological polar surface area (TPSA) is 117 Å².